The lowest BCUT2D eigenvalue weighted by Gasteiger charge is -2.04. The third-order valence-electron chi connectivity index (χ3n) is 1.99. The van der Waals surface area contributed by atoms with Gasteiger partial charge in [0.1, 0.15) is 0 Å². The van der Waals surface area contributed by atoms with E-state index in [2.05, 4.69) is 0 Å². The van der Waals surface area contributed by atoms with E-state index in [-0.39, 0.29) is 12.2 Å². The Hall–Kier alpha value is -0.0800. The number of rotatable bonds is 7. The Morgan fingerprint density at radius 2 is 1.08 bits per heavy atom. The van der Waals surface area contributed by atoms with Crippen molar-refractivity contribution in [2.75, 3.05) is 0 Å². The molecule has 0 unspecified atom stereocenters. The second-order valence-electron chi connectivity index (χ2n) is 3.69. The fourth-order valence-electron chi connectivity index (χ4n) is 1.23. The van der Waals surface area contributed by atoms with E-state index < -0.39 is 0 Å². The van der Waals surface area contributed by atoms with Crippen LogP contribution < -0.4 is 0 Å². The largest absolute Gasteiger partial charge is 0.393 e. The zero-order chi connectivity index (χ0) is 9.40. The van der Waals surface area contributed by atoms with E-state index >= 15 is 0 Å². The molecule has 2 heteroatoms. The molecule has 0 aliphatic rings. The molecule has 0 fully saturated rings. The predicted octanol–water partition coefficient (Wildman–Crippen LogP) is 2.09. The molecule has 0 radical (unpaired) electrons. The number of hydrogen-bond donors (Lipinski definition) is 2. The van der Waals surface area contributed by atoms with Crippen LogP contribution in [0.15, 0.2) is 0 Å². The fourth-order valence-corrected chi connectivity index (χ4v) is 1.23. The van der Waals surface area contributed by atoms with Gasteiger partial charge in [0.15, 0.2) is 0 Å². The molecule has 0 heterocycles. The van der Waals surface area contributed by atoms with Crippen molar-refractivity contribution >= 4 is 0 Å². The summed E-state index contributed by atoms with van der Waals surface area (Å²) in [5.74, 6) is 0. The van der Waals surface area contributed by atoms with Crippen LogP contribution in [0, 0.1) is 0 Å². The minimum atomic E-state index is -0.151. The number of aliphatic hydroxyl groups excluding tert-OH is 2. The molecule has 2 nitrogen and oxygen atoms in total. The maximum Gasteiger partial charge on any atom is 0.0512 e. The van der Waals surface area contributed by atoms with Crippen molar-refractivity contribution in [3.8, 4) is 0 Å². The first-order valence-corrected chi connectivity index (χ1v) is 4.99. The molecule has 0 saturated carbocycles. The Balaban J connectivity index is 2.91. The summed E-state index contributed by atoms with van der Waals surface area (Å²) in [5, 5.41) is 17.9. The summed E-state index contributed by atoms with van der Waals surface area (Å²) in [7, 11) is 0. The SMILES string of the molecule is C[C@H](O)CCCCCC[C@H](C)O. The molecule has 0 spiro atoms. The second-order valence-corrected chi connectivity index (χ2v) is 3.69. The second kappa shape index (κ2) is 7.56. The van der Waals surface area contributed by atoms with Crippen molar-refractivity contribution in [1.82, 2.24) is 0 Å². The van der Waals surface area contributed by atoms with E-state index in [1.54, 1.807) is 0 Å². The van der Waals surface area contributed by atoms with Crippen LogP contribution in [0.5, 0.6) is 0 Å². The zero-order valence-electron chi connectivity index (χ0n) is 8.29. The standard InChI is InChI=1S/C10H22O2/c1-9(11)7-5-3-4-6-8-10(2)12/h9-12H,3-8H2,1-2H3/t9-,10-/m0/s1. The Kier molecular flexibility index (Phi) is 7.51. The van der Waals surface area contributed by atoms with Crippen molar-refractivity contribution in [2.45, 2.75) is 64.6 Å². The predicted molar refractivity (Wildman–Crippen MR) is 51.1 cm³/mol. The van der Waals surface area contributed by atoms with Crippen LogP contribution in [-0.2, 0) is 0 Å². The van der Waals surface area contributed by atoms with Crippen LogP contribution in [-0.4, -0.2) is 22.4 Å². The molecule has 0 saturated heterocycles. The third kappa shape index (κ3) is 9.92. The molecule has 0 aromatic rings. The Morgan fingerprint density at radius 3 is 1.33 bits per heavy atom. The molecule has 0 aromatic carbocycles. The molecule has 0 bridgehead atoms. The number of aliphatic hydroxyl groups is 2. The normalized spacial score (nSPS) is 16.0. The molecule has 2 atom stereocenters. The van der Waals surface area contributed by atoms with E-state index in [1.807, 2.05) is 13.8 Å². The average molecular weight is 174 g/mol. The number of unbranched alkanes of at least 4 members (excludes halogenated alkanes) is 3. The van der Waals surface area contributed by atoms with Gasteiger partial charge in [-0.05, 0) is 26.7 Å². The van der Waals surface area contributed by atoms with Gasteiger partial charge in [-0.15, -0.1) is 0 Å². The molecule has 0 amide bonds. The third-order valence-corrected chi connectivity index (χ3v) is 1.99. The minimum Gasteiger partial charge on any atom is -0.393 e. The van der Waals surface area contributed by atoms with Gasteiger partial charge >= 0.3 is 0 Å². The monoisotopic (exact) mass is 174 g/mol. The Morgan fingerprint density at radius 1 is 0.750 bits per heavy atom. The minimum absolute atomic E-state index is 0.151. The summed E-state index contributed by atoms with van der Waals surface area (Å²) in [4.78, 5) is 0. The molecular weight excluding hydrogens is 152 g/mol. The van der Waals surface area contributed by atoms with E-state index in [0.29, 0.717) is 0 Å². The van der Waals surface area contributed by atoms with Gasteiger partial charge in [-0.25, -0.2) is 0 Å². The lowest BCUT2D eigenvalue weighted by atomic mass is 10.1. The summed E-state index contributed by atoms with van der Waals surface area (Å²) in [6.45, 7) is 3.66. The highest BCUT2D eigenvalue weighted by Crippen LogP contribution is 2.08. The van der Waals surface area contributed by atoms with Crippen molar-refractivity contribution < 1.29 is 10.2 Å². The lowest BCUT2D eigenvalue weighted by Crippen LogP contribution is -2.00. The quantitative estimate of drug-likeness (QED) is 0.580. The molecule has 2 N–H and O–H groups in total. The maximum atomic E-state index is 8.96. The van der Waals surface area contributed by atoms with Crippen LogP contribution in [0.4, 0.5) is 0 Å². The number of hydrogen-bond acceptors (Lipinski definition) is 2. The summed E-state index contributed by atoms with van der Waals surface area (Å²) in [6, 6.07) is 0. The van der Waals surface area contributed by atoms with Gasteiger partial charge in [-0.1, -0.05) is 25.7 Å². The van der Waals surface area contributed by atoms with Crippen LogP contribution in [0.2, 0.25) is 0 Å². The topological polar surface area (TPSA) is 40.5 Å². The fraction of sp³-hybridized carbons (Fsp3) is 1.00. The van der Waals surface area contributed by atoms with Gasteiger partial charge in [-0.3, -0.25) is 0 Å². The van der Waals surface area contributed by atoms with Crippen molar-refractivity contribution in [1.29, 1.82) is 0 Å². The zero-order valence-corrected chi connectivity index (χ0v) is 8.29. The van der Waals surface area contributed by atoms with E-state index in [9.17, 15) is 0 Å². The lowest BCUT2D eigenvalue weighted by molar-refractivity contribution is 0.174. The van der Waals surface area contributed by atoms with Gasteiger partial charge in [0.2, 0.25) is 0 Å². The highest BCUT2D eigenvalue weighted by molar-refractivity contribution is 4.51. The van der Waals surface area contributed by atoms with Gasteiger partial charge in [0.05, 0.1) is 12.2 Å². The van der Waals surface area contributed by atoms with Crippen molar-refractivity contribution in [2.24, 2.45) is 0 Å². The molecular formula is C10H22O2. The first kappa shape index (κ1) is 11.9. The first-order chi connectivity index (χ1) is 5.63. The summed E-state index contributed by atoms with van der Waals surface area (Å²) in [5.41, 5.74) is 0. The Labute approximate surface area is 75.6 Å². The summed E-state index contributed by atoms with van der Waals surface area (Å²) >= 11 is 0. The van der Waals surface area contributed by atoms with Gasteiger partial charge in [0.25, 0.3) is 0 Å². The molecule has 74 valence electrons. The van der Waals surface area contributed by atoms with Gasteiger partial charge < -0.3 is 10.2 Å². The highest BCUT2D eigenvalue weighted by atomic mass is 16.3. The molecule has 0 aliphatic carbocycles. The van der Waals surface area contributed by atoms with E-state index in [0.717, 1.165) is 25.7 Å². The molecule has 0 aliphatic heterocycles. The maximum absolute atomic E-state index is 8.96. The van der Waals surface area contributed by atoms with Crippen LogP contribution >= 0.6 is 0 Å². The molecule has 0 aromatic heterocycles. The van der Waals surface area contributed by atoms with Crippen LogP contribution in [0.3, 0.4) is 0 Å². The van der Waals surface area contributed by atoms with Crippen LogP contribution in [0.25, 0.3) is 0 Å². The average Bonchev–Trinajstić information content (AvgIpc) is 1.95. The van der Waals surface area contributed by atoms with Crippen LogP contribution in [0.1, 0.15) is 52.4 Å². The van der Waals surface area contributed by atoms with E-state index in [1.165, 1.54) is 12.8 Å². The summed E-state index contributed by atoms with van der Waals surface area (Å²) in [6.07, 6.45) is 6.09. The van der Waals surface area contributed by atoms with Gasteiger partial charge in [-0.2, -0.15) is 0 Å². The molecule has 0 rings (SSSR count). The first-order valence-electron chi connectivity index (χ1n) is 4.99. The molecule has 12 heavy (non-hydrogen) atoms. The highest BCUT2D eigenvalue weighted by Gasteiger charge is 1.97. The smallest absolute Gasteiger partial charge is 0.0512 e. The Bertz CT molecular complexity index is 77.8. The summed E-state index contributed by atoms with van der Waals surface area (Å²) < 4.78 is 0. The van der Waals surface area contributed by atoms with Crippen molar-refractivity contribution in [3.05, 3.63) is 0 Å². The van der Waals surface area contributed by atoms with Crippen molar-refractivity contribution in [3.63, 3.8) is 0 Å². The van der Waals surface area contributed by atoms with E-state index in [4.69, 9.17) is 10.2 Å². The van der Waals surface area contributed by atoms with Gasteiger partial charge in [0, 0.05) is 0 Å².